The van der Waals surface area contributed by atoms with Gasteiger partial charge in [0.05, 0.1) is 5.69 Å². The third-order valence-corrected chi connectivity index (χ3v) is 4.86. The Morgan fingerprint density at radius 2 is 1.95 bits per heavy atom. The van der Waals surface area contributed by atoms with Gasteiger partial charge in [0.1, 0.15) is 4.90 Å². The summed E-state index contributed by atoms with van der Waals surface area (Å²) in [6.45, 7) is 4.15. The van der Waals surface area contributed by atoms with Gasteiger partial charge in [0, 0.05) is 17.1 Å². The molecule has 0 spiro atoms. The topological polar surface area (TPSA) is 75.4 Å². The highest BCUT2D eigenvalue weighted by Gasteiger charge is 2.25. The number of hydrogen-bond acceptors (Lipinski definition) is 4. The second kappa shape index (κ2) is 5.66. The van der Waals surface area contributed by atoms with Gasteiger partial charge in [-0.3, -0.25) is 0 Å². The molecule has 0 bridgehead atoms. The predicted octanol–water partition coefficient (Wildman–Crippen LogP) is 1.54. The van der Waals surface area contributed by atoms with Gasteiger partial charge >= 0.3 is 0 Å². The van der Waals surface area contributed by atoms with E-state index in [1.54, 1.807) is 6.07 Å². The summed E-state index contributed by atoms with van der Waals surface area (Å²) >= 11 is 5.81. The molecule has 5 nitrogen and oxygen atoms in total. The van der Waals surface area contributed by atoms with Crippen molar-refractivity contribution in [1.82, 2.24) is 9.62 Å². The zero-order valence-electron chi connectivity index (χ0n) is 11.6. The maximum Gasteiger partial charge on any atom is 0.242 e. The second-order valence-electron chi connectivity index (χ2n) is 5.21. The number of hydrogen-bond donors (Lipinski definition) is 2. The van der Waals surface area contributed by atoms with Crippen molar-refractivity contribution in [3.63, 3.8) is 0 Å². The molecule has 0 amide bonds. The van der Waals surface area contributed by atoms with Crippen LogP contribution in [0.5, 0.6) is 0 Å². The van der Waals surface area contributed by atoms with E-state index in [-0.39, 0.29) is 22.7 Å². The molecule has 0 aromatic heterocycles. The highest BCUT2D eigenvalue weighted by molar-refractivity contribution is 7.89. The van der Waals surface area contributed by atoms with Crippen LogP contribution in [0.2, 0.25) is 5.02 Å². The van der Waals surface area contributed by atoms with E-state index in [0.717, 1.165) is 0 Å². The Morgan fingerprint density at radius 1 is 1.37 bits per heavy atom. The van der Waals surface area contributed by atoms with Gasteiger partial charge in [0.2, 0.25) is 10.0 Å². The van der Waals surface area contributed by atoms with Gasteiger partial charge < -0.3 is 10.6 Å². The van der Waals surface area contributed by atoms with Crippen LogP contribution >= 0.6 is 11.6 Å². The molecule has 0 radical (unpaired) electrons. The number of benzene rings is 1. The lowest BCUT2D eigenvalue weighted by atomic mass is 10.1. The number of sulfonamides is 1. The summed E-state index contributed by atoms with van der Waals surface area (Å²) in [6, 6.07) is 4.38. The lowest BCUT2D eigenvalue weighted by molar-refractivity contribution is 0.199. The summed E-state index contributed by atoms with van der Waals surface area (Å²) in [6.07, 6.45) is 0. The molecule has 0 aliphatic rings. The van der Waals surface area contributed by atoms with Crippen LogP contribution in [0.25, 0.3) is 0 Å². The Labute approximate surface area is 119 Å². The van der Waals surface area contributed by atoms with Gasteiger partial charge in [0.25, 0.3) is 0 Å². The smallest absolute Gasteiger partial charge is 0.242 e. The SMILES string of the molecule is CN(C)C(C)(C)CNS(=O)(=O)c1cc(Cl)ccc1N. The quantitative estimate of drug-likeness (QED) is 0.809. The van der Waals surface area contributed by atoms with Gasteiger partial charge in [0.15, 0.2) is 0 Å². The second-order valence-corrected chi connectivity index (χ2v) is 7.39. The van der Waals surface area contributed by atoms with E-state index in [4.69, 9.17) is 17.3 Å². The number of nitrogens with zero attached hydrogens (tertiary/aromatic N) is 1. The molecule has 19 heavy (non-hydrogen) atoms. The molecule has 7 heteroatoms. The van der Waals surface area contributed by atoms with Crippen LogP contribution in [0.3, 0.4) is 0 Å². The molecular weight excluding hydrogens is 286 g/mol. The predicted molar refractivity (Wildman–Crippen MR) is 78.8 cm³/mol. The molecule has 1 aromatic carbocycles. The molecule has 108 valence electrons. The van der Waals surface area contributed by atoms with Crippen LogP contribution in [0.15, 0.2) is 23.1 Å². The monoisotopic (exact) mass is 305 g/mol. The van der Waals surface area contributed by atoms with Crippen molar-refractivity contribution in [3.8, 4) is 0 Å². The third-order valence-electron chi connectivity index (χ3n) is 3.17. The number of rotatable bonds is 5. The third kappa shape index (κ3) is 4.07. The van der Waals surface area contributed by atoms with Crippen molar-refractivity contribution in [3.05, 3.63) is 23.2 Å². The standard InChI is InChI=1S/C12H20ClN3O2S/c1-12(2,16(3)4)8-15-19(17,18)11-7-9(13)5-6-10(11)14/h5-7,15H,8,14H2,1-4H3. The molecule has 0 fully saturated rings. The average Bonchev–Trinajstić information content (AvgIpc) is 2.30. The summed E-state index contributed by atoms with van der Waals surface area (Å²) < 4.78 is 27.0. The molecular formula is C12H20ClN3O2S. The van der Waals surface area contributed by atoms with Gasteiger partial charge in [-0.2, -0.15) is 0 Å². The van der Waals surface area contributed by atoms with Gasteiger partial charge in [-0.05, 0) is 46.1 Å². The molecule has 0 saturated heterocycles. The van der Waals surface area contributed by atoms with E-state index in [1.165, 1.54) is 12.1 Å². The summed E-state index contributed by atoms with van der Waals surface area (Å²) in [5, 5.41) is 0.335. The number of nitrogen functional groups attached to an aromatic ring is 1. The first-order valence-electron chi connectivity index (χ1n) is 5.78. The average molecular weight is 306 g/mol. The van der Waals surface area contributed by atoms with Crippen molar-refractivity contribution in [1.29, 1.82) is 0 Å². The van der Waals surface area contributed by atoms with E-state index in [1.807, 2.05) is 32.8 Å². The Kier molecular flexibility index (Phi) is 4.84. The fourth-order valence-corrected chi connectivity index (χ4v) is 2.84. The van der Waals surface area contributed by atoms with Crippen LogP contribution in [-0.4, -0.2) is 39.5 Å². The molecule has 0 atom stereocenters. The first kappa shape index (κ1) is 16.2. The lowest BCUT2D eigenvalue weighted by Gasteiger charge is -2.32. The first-order valence-corrected chi connectivity index (χ1v) is 7.64. The van der Waals surface area contributed by atoms with E-state index in [9.17, 15) is 8.42 Å². The maximum absolute atomic E-state index is 12.2. The minimum Gasteiger partial charge on any atom is -0.398 e. The van der Waals surface area contributed by atoms with E-state index in [0.29, 0.717) is 5.02 Å². The summed E-state index contributed by atoms with van der Waals surface area (Å²) in [5.74, 6) is 0. The minimum absolute atomic E-state index is 0.00885. The van der Waals surface area contributed by atoms with E-state index in [2.05, 4.69) is 4.72 Å². The highest BCUT2D eigenvalue weighted by Crippen LogP contribution is 2.22. The molecule has 0 unspecified atom stereocenters. The van der Waals surface area contributed by atoms with Crippen LogP contribution < -0.4 is 10.5 Å². The fraction of sp³-hybridized carbons (Fsp3) is 0.500. The van der Waals surface area contributed by atoms with Crippen molar-refractivity contribution in [2.75, 3.05) is 26.4 Å². The van der Waals surface area contributed by atoms with Gasteiger partial charge in [-0.1, -0.05) is 11.6 Å². The van der Waals surface area contributed by atoms with E-state index >= 15 is 0 Å². The number of likely N-dealkylation sites (N-methyl/N-ethyl adjacent to an activating group) is 1. The van der Waals surface area contributed by atoms with Crippen LogP contribution in [0, 0.1) is 0 Å². The molecule has 3 N–H and O–H groups in total. The lowest BCUT2D eigenvalue weighted by Crippen LogP contribution is -2.48. The zero-order chi connectivity index (χ0) is 14.8. The first-order chi connectivity index (χ1) is 8.56. The molecule has 0 saturated carbocycles. The maximum atomic E-state index is 12.2. The van der Waals surface area contributed by atoms with Crippen molar-refractivity contribution < 1.29 is 8.42 Å². The van der Waals surface area contributed by atoms with Gasteiger partial charge in [-0.25, -0.2) is 13.1 Å². The highest BCUT2D eigenvalue weighted by atomic mass is 35.5. The summed E-state index contributed by atoms with van der Waals surface area (Å²) in [5.41, 5.74) is 5.56. The minimum atomic E-state index is -3.67. The van der Waals surface area contributed by atoms with Crippen LogP contribution in [0.4, 0.5) is 5.69 Å². The Hall–Kier alpha value is -0.820. The number of halogens is 1. The van der Waals surface area contributed by atoms with Gasteiger partial charge in [-0.15, -0.1) is 0 Å². The normalized spacial score (nSPS) is 12.9. The van der Waals surface area contributed by atoms with Crippen LogP contribution in [-0.2, 0) is 10.0 Å². The Balaban J connectivity index is 2.97. The Bertz CT molecular complexity index is 556. The summed E-state index contributed by atoms with van der Waals surface area (Å²) in [7, 11) is 0.116. The Morgan fingerprint density at radius 3 is 2.47 bits per heavy atom. The summed E-state index contributed by atoms with van der Waals surface area (Å²) in [4.78, 5) is 1.95. The fourth-order valence-electron chi connectivity index (χ4n) is 1.25. The number of anilines is 1. The zero-order valence-corrected chi connectivity index (χ0v) is 13.1. The van der Waals surface area contributed by atoms with Crippen molar-refractivity contribution >= 4 is 27.3 Å². The van der Waals surface area contributed by atoms with Crippen LogP contribution in [0.1, 0.15) is 13.8 Å². The van der Waals surface area contributed by atoms with Crippen molar-refractivity contribution in [2.24, 2.45) is 0 Å². The van der Waals surface area contributed by atoms with Crippen molar-refractivity contribution in [2.45, 2.75) is 24.3 Å². The molecule has 0 aliphatic carbocycles. The molecule has 0 aliphatic heterocycles. The number of nitrogens with one attached hydrogen (secondary N) is 1. The number of nitrogens with two attached hydrogens (primary N) is 1. The molecule has 0 heterocycles. The van der Waals surface area contributed by atoms with E-state index < -0.39 is 10.0 Å². The molecule has 1 rings (SSSR count). The molecule has 1 aromatic rings. The largest absolute Gasteiger partial charge is 0.398 e.